The first-order valence-corrected chi connectivity index (χ1v) is 15.4. The molecule has 3 aromatic rings. The van der Waals surface area contributed by atoms with Gasteiger partial charge in [-0.1, -0.05) is 19.3 Å². The van der Waals surface area contributed by atoms with Crippen molar-refractivity contribution >= 4 is 22.8 Å². The molecule has 8 rings (SSSR count). The Morgan fingerprint density at radius 3 is 2.49 bits per heavy atom. The smallest absolute Gasteiger partial charge is 0.267 e. The molecule has 2 aliphatic carbocycles. The number of fused-ring (bicyclic) bond motifs is 9. The molecule has 1 aromatic carbocycles. The van der Waals surface area contributed by atoms with Gasteiger partial charge in [0.1, 0.15) is 17.1 Å². The van der Waals surface area contributed by atoms with Gasteiger partial charge in [0.15, 0.2) is 0 Å². The fraction of sp³-hybridized carbons (Fsp3) is 0.545. The number of amides is 2. The molecule has 2 amide bonds. The number of likely N-dealkylation sites (tertiary alicyclic amines) is 1. The maximum absolute atomic E-state index is 14.8. The maximum Gasteiger partial charge on any atom is 0.267 e. The molecule has 8 nitrogen and oxygen atoms in total. The third-order valence-electron chi connectivity index (χ3n) is 10.9. The molecule has 4 fully saturated rings. The number of nitrogens with two attached hydrogens (primary N) is 1. The number of benzene rings is 1. The van der Waals surface area contributed by atoms with Crippen LogP contribution in [0.3, 0.4) is 0 Å². The van der Waals surface area contributed by atoms with E-state index >= 15 is 0 Å². The molecule has 2 aromatic heterocycles. The number of primary amides is 1. The van der Waals surface area contributed by atoms with E-state index in [2.05, 4.69) is 39.6 Å². The number of aromatic nitrogens is 2. The second kappa shape index (κ2) is 9.05. The highest BCUT2D eigenvalue weighted by molar-refractivity contribution is 5.98. The van der Waals surface area contributed by atoms with Crippen LogP contribution in [0.15, 0.2) is 30.3 Å². The summed E-state index contributed by atoms with van der Waals surface area (Å²) in [4.78, 5) is 36.6. The molecule has 214 valence electrons. The molecular formula is C33H39N5O3. The van der Waals surface area contributed by atoms with Crippen molar-refractivity contribution in [2.24, 2.45) is 11.1 Å². The van der Waals surface area contributed by atoms with Crippen LogP contribution in [0.2, 0.25) is 0 Å². The first-order chi connectivity index (χ1) is 19.9. The number of hydrogen-bond acceptors (Lipinski definition) is 5. The number of methoxy groups -OCH3 is 1. The van der Waals surface area contributed by atoms with Gasteiger partial charge in [0.25, 0.3) is 5.91 Å². The Bertz CT molecular complexity index is 1580. The Kier molecular flexibility index (Phi) is 5.59. The fourth-order valence-corrected chi connectivity index (χ4v) is 8.98. The molecule has 2 saturated heterocycles. The molecule has 2 bridgehead atoms. The van der Waals surface area contributed by atoms with Crippen molar-refractivity contribution in [2.75, 3.05) is 27.2 Å². The number of nitrogens with zero attached hydrogens (tertiary/aromatic N) is 4. The minimum absolute atomic E-state index is 0.132. The monoisotopic (exact) mass is 553 g/mol. The van der Waals surface area contributed by atoms with Gasteiger partial charge in [0, 0.05) is 48.6 Å². The Morgan fingerprint density at radius 2 is 1.78 bits per heavy atom. The van der Waals surface area contributed by atoms with Crippen molar-refractivity contribution in [3.05, 3.63) is 47.2 Å². The van der Waals surface area contributed by atoms with E-state index in [0.29, 0.717) is 18.4 Å². The van der Waals surface area contributed by atoms with E-state index in [9.17, 15) is 9.59 Å². The molecule has 2 unspecified atom stereocenters. The average molecular weight is 554 g/mol. The largest absolute Gasteiger partial charge is 0.497 e. The van der Waals surface area contributed by atoms with Gasteiger partial charge in [0.2, 0.25) is 5.91 Å². The van der Waals surface area contributed by atoms with Crippen LogP contribution in [0.5, 0.6) is 5.75 Å². The lowest BCUT2D eigenvalue weighted by atomic mass is 9.81. The second-order valence-corrected chi connectivity index (χ2v) is 13.3. The van der Waals surface area contributed by atoms with Crippen molar-refractivity contribution in [1.82, 2.24) is 19.4 Å². The number of rotatable bonds is 4. The van der Waals surface area contributed by atoms with Crippen molar-refractivity contribution in [3.63, 3.8) is 0 Å². The van der Waals surface area contributed by atoms with Gasteiger partial charge in [0.05, 0.1) is 18.2 Å². The van der Waals surface area contributed by atoms with Crippen LogP contribution < -0.4 is 10.5 Å². The normalized spacial score (nSPS) is 29.0. The predicted octanol–water partition coefficient (Wildman–Crippen LogP) is 4.65. The number of carbonyl (C=O) groups is 2. The molecule has 8 heteroatoms. The minimum Gasteiger partial charge on any atom is -0.497 e. The Labute approximate surface area is 240 Å². The molecule has 3 aliphatic heterocycles. The molecule has 5 aliphatic rings. The van der Waals surface area contributed by atoms with Crippen LogP contribution in [0.25, 0.3) is 22.3 Å². The summed E-state index contributed by atoms with van der Waals surface area (Å²) >= 11 is 0. The van der Waals surface area contributed by atoms with Crippen molar-refractivity contribution in [1.29, 1.82) is 0 Å². The topological polar surface area (TPSA) is 93.7 Å². The van der Waals surface area contributed by atoms with Crippen LogP contribution in [0, 0.1) is 5.41 Å². The molecule has 41 heavy (non-hydrogen) atoms. The fourth-order valence-electron chi connectivity index (χ4n) is 8.98. The summed E-state index contributed by atoms with van der Waals surface area (Å²) in [7, 11) is 3.89. The van der Waals surface area contributed by atoms with Crippen LogP contribution >= 0.6 is 0 Å². The van der Waals surface area contributed by atoms with E-state index in [1.807, 2.05) is 6.07 Å². The molecule has 4 atom stereocenters. The van der Waals surface area contributed by atoms with Crippen LogP contribution in [-0.2, 0) is 11.3 Å². The highest BCUT2D eigenvalue weighted by atomic mass is 16.5. The first kappa shape index (κ1) is 25.3. The van der Waals surface area contributed by atoms with E-state index in [1.54, 1.807) is 13.2 Å². The Hall–Kier alpha value is -3.39. The van der Waals surface area contributed by atoms with E-state index in [-0.39, 0.29) is 23.7 Å². The number of piperazine rings is 1. The highest BCUT2D eigenvalue weighted by Crippen LogP contribution is 2.66. The number of ether oxygens (including phenoxy) is 1. The molecule has 2 saturated carbocycles. The summed E-state index contributed by atoms with van der Waals surface area (Å²) in [5, 5.41) is 1.10. The summed E-state index contributed by atoms with van der Waals surface area (Å²) in [5.41, 5.74) is 11.2. The Morgan fingerprint density at radius 1 is 1.02 bits per heavy atom. The maximum atomic E-state index is 14.8. The number of pyridine rings is 1. The summed E-state index contributed by atoms with van der Waals surface area (Å²) in [6.45, 7) is 2.47. The highest BCUT2D eigenvalue weighted by Gasteiger charge is 2.65. The van der Waals surface area contributed by atoms with Crippen LogP contribution in [-0.4, -0.2) is 70.5 Å². The molecule has 5 heterocycles. The summed E-state index contributed by atoms with van der Waals surface area (Å²) in [6.07, 6.45) is 8.99. The number of hydrogen-bond donors (Lipinski definition) is 1. The van der Waals surface area contributed by atoms with E-state index in [4.69, 9.17) is 15.5 Å². The van der Waals surface area contributed by atoms with Crippen molar-refractivity contribution in [2.45, 2.75) is 81.8 Å². The van der Waals surface area contributed by atoms with Gasteiger partial charge in [-0.3, -0.25) is 9.59 Å². The minimum atomic E-state index is -0.524. The third-order valence-corrected chi connectivity index (χ3v) is 10.9. The van der Waals surface area contributed by atoms with E-state index in [1.165, 1.54) is 41.6 Å². The number of likely N-dealkylation sites (N-methyl/N-ethyl adjacent to an activating group) is 1. The quantitative estimate of drug-likeness (QED) is 0.508. The van der Waals surface area contributed by atoms with Gasteiger partial charge in [-0.15, -0.1) is 0 Å². The Balaban J connectivity index is 1.35. The number of carbonyl (C=O) groups excluding carboxylic acids is 2. The van der Waals surface area contributed by atoms with E-state index in [0.717, 1.165) is 62.0 Å². The summed E-state index contributed by atoms with van der Waals surface area (Å²) < 4.78 is 8.02. The van der Waals surface area contributed by atoms with Gasteiger partial charge >= 0.3 is 0 Å². The van der Waals surface area contributed by atoms with Crippen molar-refractivity contribution < 1.29 is 14.3 Å². The third kappa shape index (κ3) is 3.65. The van der Waals surface area contributed by atoms with Gasteiger partial charge in [-0.05, 0) is 86.5 Å². The van der Waals surface area contributed by atoms with Gasteiger partial charge in [-0.25, -0.2) is 4.98 Å². The molecular weight excluding hydrogens is 514 g/mol. The lowest BCUT2D eigenvalue weighted by Gasteiger charge is -2.41. The molecule has 0 radical (unpaired) electrons. The molecule has 0 spiro atoms. The standard InChI is InChI=1S/C33H39N5O3/c1-36-16-20-8-9-21(17-36)38(20)32(40)33-15-26(33)25-14-22(41-2)10-11-23(25)29-28(19-6-4-3-5-7-19)24-12-13-27(30(34)39)35-31(24)37(29)18-33/h10-14,19-21,26H,3-9,15-18H2,1-2H3,(H2,34,39)/t20?,21?,26-,33-/m0/s1. The zero-order valence-corrected chi connectivity index (χ0v) is 24.1. The summed E-state index contributed by atoms with van der Waals surface area (Å²) in [5.74, 6) is 1.16. The first-order valence-electron chi connectivity index (χ1n) is 15.4. The molecule has 2 N–H and O–H groups in total. The van der Waals surface area contributed by atoms with Gasteiger partial charge < -0.3 is 24.8 Å². The average Bonchev–Trinajstić information content (AvgIpc) is 3.57. The van der Waals surface area contributed by atoms with E-state index < -0.39 is 11.3 Å². The lowest BCUT2D eigenvalue weighted by molar-refractivity contribution is -0.143. The lowest BCUT2D eigenvalue weighted by Crippen LogP contribution is -2.57. The second-order valence-electron chi connectivity index (χ2n) is 13.3. The van der Waals surface area contributed by atoms with Crippen LogP contribution in [0.4, 0.5) is 0 Å². The van der Waals surface area contributed by atoms with Crippen molar-refractivity contribution in [3.8, 4) is 17.0 Å². The SMILES string of the molecule is COc1ccc2c(c1)[C@@H]1C[C@]1(C(=O)N1C3CCC1CN(C)C3)Cn1c-2c(C2CCCCC2)c2ccc(C(N)=O)nc21. The van der Waals surface area contributed by atoms with Gasteiger partial charge in [-0.2, -0.15) is 0 Å². The predicted molar refractivity (Wildman–Crippen MR) is 157 cm³/mol. The zero-order chi connectivity index (χ0) is 28.0. The zero-order valence-electron chi connectivity index (χ0n) is 24.1. The van der Waals surface area contributed by atoms with Crippen LogP contribution in [0.1, 0.15) is 84.8 Å². The summed E-state index contributed by atoms with van der Waals surface area (Å²) in [6, 6.07) is 10.8.